The second-order valence-corrected chi connectivity index (χ2v) is 8.54. The molecule has 1 unspecified atom stereocenters. The van der Waals surface area contributed by atoms with Crippen LogP contribution in [0.2, 0.25) is 6.43 Å². The van der Waals surface area contributed by atoms with Gasteiger partial charge in [0.1, 0.15) is 24.3 Å². The molecule has 6 nitrogen and oxygen atoms in total. The molecule has 2 aromatic heterocycles. The highest BCUT2D eigenvalue weighted by Gasteiger charge is 2.22. The number of benzene rings is 1. The van der Waals surface area contributed by atoms with Crippen LogP contribution in [0, 0.1) is 17.1 Å². The number of fused-ring (bicyclic) bond motifs is 1. The molecule has 0 spiro atoms. The number of piperidine rings is 1. The number of halogens is 2. The number of nitriles is 1. The van der Waals surface area contributed by atoms with Crippen LogP contribution in [-0.2, 0) is 6.52 Å². The molecule has 0 radical (unpaired) electrons. The third-order valence-electron chi connectivity index (χ3n) is 4.69. The summed E-state index contributed by atoms with van der Waals surface area (Å²) in [5, 5.41) is 10.4. The maximum Gasteiger partial charge on any atom is 0.175 e. The Bertz CT molecular complexity index is 1320. The van der Waals surface area contributed by atoms with Crippen LogP contribution in [0.15, 0.2) is 18.4 Å². The van der Waals surface area contributed by atoms with Gasteiger partial charge < -0.3 is 5.31 Å². The number of aromatic nitrogens is 3. The van der Waals surface area contributed by atoms with E-state index in [1.54, 1.807) is 24.8 Å². The van der Waals surface area contributed by atoms with Crippen LogP contribution in [-0.4, -0.2) is 39.0 Å². The highest BCUT2D eigenvalue weighted by atomic mass is 35.5. The number of thiazole rings is 1. The van der Waals surface area contributed by atoms with E-state index in [1.165, 1.54) is 23.5 Å². The summed E-state index contributed by atoms with van der Waals surface area (Å²) in [5.41, 5.74) is 0.374. The van der Waals surface area contributed by atoms with E-state index in [9.17, 15) is 4.39 Å². The summed E-state index contributed by atoms with van der Waals surface area (Å²) in [5.74, 6) is -1.70. The number of anilines is 1. The fourth-order valence-electron chi connectivity index (χ4n) is 3.14. The van der Waals surface area contributed by atoms with Gasteiger partial charge in [0, 0.05) is 34.3 Å². The SMILES string of the molecule is [2H]c1nc(N([2H])C2([2H])CCN(C([2H])c3cc(Cl)c(F)c(C#N)c3)CC2)c2sc(C([2H])(C)C)nc2n1. The molecule has 0 bridgehead atoms. The number of hydrogen-bond donors (Lipinski definition) is 1. The molecule has 3 aromatic rings. The van der Waals surface area contributed by atoms with E-state index >= 15 is 0 Å². The van der Waals surface area contributed by atoms with E-state index in [-0.39, 0.29) is 41.2 Å². The van der Waals surface area contributed by atoms with Crippen LogP contribution in [0.25, 0.3) is 10.3 Å². The van der Waals surface area contributed by atoms with E-state index in [1.807, 2.05) is 0 Å². The third-order valence-corrected chi connectivity index (χ3v) is 6.23. The fourth-order valence-corrected chi connectivity index (χ4v) is 4.27. The van der Waals surface area contributed by atoms with Crippen LogP contribution < -0.4 is 5.31 Å². The Balaban J connectivity index is 1.57. The Labute approximate surface area is 190 Å². The Morgan fingerprint density at radius 1 is 1.53 bits per heavy atom. The average molecular weight is 450 g/mol. The van der Waals surface area contributed by atoms with E-state index in [0.29, 0.717) is 28.4 Å². The summed E-state index contributed by atoms with van der Waals surface area (Å²) in [7, 11) is 0. The quantitative estimate of drug-likeness (QED) is 0.593. The fraction of sp³-hybridized carbons (Fsp3) is 0.429. The van der Waals surface area contributed by atoms with E-state index in [4.69, 9.17) is 23.8 Å². The summed E-state index contributed by atoms with van der Waals surface area (Å²) in [6.07, 6.45) is 0.0684. The van der Waals surface area contributed by atoms with Gasteiger partial charge in [-0.2, -0.15) is 5.26 Å². The summed E-state index contributed by atoms with van der Waals surface area (Å²) >= 11 is 7.07. The van der Waals surface area contributed by atoms with E-state index < -0.39 is 24.2 Å². The van der Waals surface area contributed by atoms with Crippen LogP contribution in [0.4, 0.5) is 10.2 Å². The molecular weight excluding hydrogens is 423 g/mol. The molecule has 1 aliphatic rings. The van der Waals surface area contributed by atoms with Gasteiger partial charge in [0.2, 0.25) is 0 Å². The zero-order valence-electron chi connectivity index (χ0n) is 21.4. The van der Waals surface area contributed by atoms with Gasteiger partial charge >= 0.3 is 0 Å². The zero-order valence-corrected chi connectivity index (χ0v) is 18.0. The van der Waals surface area contributed by atoms with Crippen molar-refractivity contribution in [2.45, 2.75) is 45.1 Å². The first-order chi connectivity index (χ1) is 16.3. The first-order valence-electron chi connectivity index (χ1n) is 11.9. The van der Waals surface area contributed by atoms with E-state index in [2.05, 4.69) is 15.0 Å². The van der Waals surface area contributed by atoms with Gasteiger partial charge in [0.05, 0.1) is 17.0 Å². The minimum absolute atomic E-state index is 0.0999. The van der Waals surface area contributed by atoms with Crippen molar-refractivity contribution >= 4 is 39.1 Å². The topological polar surface area (TPSA) is 77.7 Å². The lowest BCUT2D eigenvalue weighted by Gasteiger charge is -2.32. The van der Waals surface area contributed by atoms with Gasteiger partial charge in [-0.3, -0.25) is 4.90 Å². The monoisotopic (exact) mass is 449 g/mol. The molecule has 1 fully saturated rings. The lowest BCUT2D eigenvalue weighted by Crippen LogP contribution is -2.38. The molecule has 1 aliphatic heterocycles. The average Bonchev–Trinajstić information content (AvgIpc) is 3.24. The predicted octanol–water partition coefficient (Wildman–Crippen LogP) is 4.95. The minimum atomic E-state index is -1.39. The molecule has 3 heterocycles. The zero-order chi connectivity index (χ0) is 25.7. The molecule has 1 aromatic carbocycles. The predicted molar refractivity (Wildman–Crippen MR) is 117 cm³/mol. The normalized spacial score (nSPS) is 20.4. The molecular formula is C21H22ClFN6S. The lowest BCUT2D eigenvalue weighted by molar-refractivity contribution is 0.211. The van der Waals surface area contributed by atoms with Gasteiger partial charge in [0.25, 0.3) is 0 Å². The van der Waals surface area contributed by atoms with Gasteiger partial charge in [0.15, 0.2) is 12.9 Å². The smallest absolute Gasteiger partial charge is 0.175 e. The maximum atomic E-state index is 13.9. The number of likely N-dealkylation sites (tertiary alicyclic amines) is 1. The van der Waals surface area contributed by atoms with Crippen molar-refractivity contribution < 1.29 is 11.3 Å². The van der Waals surface area contributed by atoms with Crippen molar-refractivity contribution in [3.63, 3.8) is 0 Å². The van der Waals surface area contributed by atoms with Crippen LogP contribution in [0.3, 0.4) is 0 Å². The van der Waals surface area contributed by atoms with Crippen molar-refractivity contribution in [2.75, 3.05) is 18.4 Å². The number of nitrogens with zero attached hydrogens (tertiary/aromatic N) is 5. The minimum Gasteiger partial charge on any atom is -0.366 e. The molecule has 0 amide bonds. The Hall–Kier alpha value is -2.34. The number of nitrogens with one attached hydrogen (secondary N) is 1. The Morgan fingerprint density at radius 3 is 3.00 bits per heavy atom. The first-order valence-corrected chi connectivity index (χ1v) is 10.5. The van der Waals surface area contributed by atoms with Crippen molar-refractivity contribution in [1.82, 2.24) is 19.9 Å². The maximum absolute atomic E-state index is 13.9. The highest BCUT2D eigenvalue weighted by Crippen LogP contribution is 2.31. The molecule has 1 atom stereocenters. The molecule has 0 saturated carbocycles. The Morgan fingerprint density at radius 2 is 2.30 bits per heavy atom. The molecule has 0 aliphatic carbocycles. The van der Waals surface area contributed by atoms with Gasteiger partial charge in [-0.05, 0) is 30.5 Å². The first kappa shape index (κ1) is 15.5. The summed E-state index contributed by atoms with van der Waals surface area (Å²) in [4.78, 5) is 14.2. The summed E-state index contributed by atoms with van der Waals surface area (Å²) in [6, 6.07) is 3.00. The Kier molecular flexibility index (Phi) is 4.54. The van der Waals surface area contributed by atoms with Crippen LogP contribution >= 0.6 is 22.9 Å². The number of hydrogen-bond acceptors (Lipinski definition) is 7. The standard InChI is InChI=1S/C21H22ClFN6S/c1-12(2)21-28-20-18(30-21)19(25-11-26-20)27-15-3-5-29(6-4-15)10-13-7-14(9-24)17(23)16(22)8-13/h7-8,11-12,15H,3-6,10H2,1-2H3,(H,25,26,27)/i10D,11D,12D,15D/hD. The van der Waals surface area contributed by atoms with Crippen LogP contribution in [0.1, 0.15) is 54.2 Å². The molecule has 156 valence electrons. The molecule has 1 saturated heterocycles. The third kappa shape index (κ3) is 4.38. The lowest BCUT2D eigenvalue weighted by atomic mass is 10.0. The van der Waals surface area contributed by atoms with Gasteiger partial charge in [-0.1, -0.05) is 25.4 Å². The molecule has 1 N–H and O–H groups in total. The highest BCUT2D eigenvalue weighted by molar-refractivity contribution is 7.19. The summed E-state index contributed by atoms with van der Waals surface area (Å²) in [6.45, 7) is 3.03. The van der Waals surface area contributed by atoms with Crippen molar-refractivity contribution in [2.24, 2.45) is 0 Å². The van der Waals surface area contributed by atoms with Crippen molar-refractivity contribution in [1.29, 1.82) is 5.26 Å². The molecule has 9 heteroatoms. The van der Waals surface area contributed by atoms with Crippen molar-refractivity contribution in [3.8, 4) is 6.07 Å². The molecule has 4 rings (SSSR count). The van der Waals surface area contributed by atoms with Crippen molar-refractivity contribution in [3.05, 3.63) is 45.4 Å². The summed E-state index contributed by atoms with van der Waals surface area (Å²) < 4.78 is 56.8. The second kappa shape index (κ2) is 8.80. The van der Waals surface area contributed by atoms with Crippen LogP contribution in [0.5, 0.6) is 0 Å². The molecule has 30 heavy (non-hydrogen) atoms. The van der Waals surface area contributed by atoms with E-state index in [0.717, 1.165) is 5.31 Å². The van der Waals surface area contributed by atoms with Gasteiger partial charge in [-0.25, -0.2) is 19.3 Å². The number of rotatable bonds is 5. The van der Waals surface area contributed by atoms with Gasteiger partial charge in [-0.15, -0.1) is 11.3 Å². The second-order valence-electron chi connectivity index (χ2n) is 7.14. The largest absolute Gasteiger partial charge is 0.366 e.